The average molecular weight is 242 g/mol. The van der Waals surface area contributed by atoms with Crippen molar-refractivity contribution in [1.29, 1.82) is 0 Å². The van der Waals surface area contributed by atoms with Gasteiger partial charge in [0.25, 0.3) is 0 Å². The molecule has 2 rings (SSSR count). The van der Waals surface area contributed by atoms with Crippen LogP contribution in [0.25, 0.3) is 0 Å². The largest absolute Gasteiger partial charge is 0.480 e. The summed E-state index contributed by atoms with van der Waals surface area (Å²) in [6.07, 6.45) is 2.20. The molecule has 2 aliphatic heterocycles. The molecule has 0 spiro atoms. The smallest absolute Gasteiger partial charge is 0.326 e. The Bertz CT molecular complexity index is 315. The third kappa shape index (κ3) is 2.58. The molecular formula is C11H18N2O4. The summed E-state index contributed by atoms with van der Waals surface area (Å²) in [4.78, 5) is 24.5. The minimum absolute atomic E-state index is 0.133. The molecule has 3 N–H and O–H groups in total. The summed E-state index contributed by atoms with van der Waals surface area (Å²) in [7, 11) is 0. The standard InChI is InChI=1S/C11H18N2O4/c14-7-5-9(11(16)17)13(6-7)10(15)8-3-1-2-4-12-8/h7-9,12,14H,1-6H2,(H,16,17)/t7-,8-,9-/m1/s1. The van der Waals surface area contributed by atoms with E-state index in [1.165, 1.54) is 4.90 Å². The van der Waals surface area contributed by atoms with Crippen LogP contribution in [0.1, 0.15) is 25.7 Å². The molecule has 6 heteroatoms. The molecule has 1 amide bonds. The van der Waals surface area contributed by atoms with E-state index in [0.717, 1.165) is 25.8 Å². The van der Waals surface area contributed by atoms with E-state index in [1.54, 1.807) is 0 Å². The molecule has 17 heavy (non-hydrogen) atoms. The van der Waals surface area contributed by atoms with Crippen LogP contribution in [0.2, 0.25) is 0 Å². The quantitative estimate of drug-likeness (QED) is 0.588. The zero-order valence-corrected chi connectivity index (χ0v) is 9.63. The number of carboxylic acid groups (broad SMARTS) is 1. The van der Waals surface area contributed by atoms with E-state index in [-0.39, 0.29) is 24.9 Å². The van der Waals surface area contributed by atoms with E-state index >= 15 is 0 Å². The van der Waals surface area contributed by atoms with Crippen LogP contribution in [-0.2, 0) is 9.59 Å². The van der Waals surface area contributed by atoms with Gasteiger partial charge in [-0.3, -0.25) is 4.79 Å². The van der Waals surface area contributed by atoms with Crippen LogP contribution >= 0.6 is 0 Å². The van der Waals surface area contributed by atoms with Gasteiger partial charge >= 0.3 is 5.97 Å². The number of hydrogen-bond donors (Lipinski definition) is 3. The summed E-state index contributed by atoms with van der Waals surface area (Å²) in [5.74, 6) is -1.22. The van der Waals surface area contributed by atoms with Crippen LogP contribution in [0.3, 0.4) is 0 Å². The second-order valence-corrected chi connectivity index (χ2v) is 4.74. The number of carbonyl (C=O) groups excluding carboxylic acids is 1. The molecule has 2 fully saturated rings. The number of rotatable bonds is 2. The third-order valence-electron chi connectivity index (χ3n) is 3.46. The SMILES string of the molecule is O=C(O)[C@H]1C[C@@H](O)CN1C(=O)[C@H]1CCCCN1. The van der Waals surface area contributed by atoms with Crippen LogP contribution in [0.4, 0.5) is 0 Å². The Morgan fingerprint density at radius 1 is 1.29 bits per heavy atom. The molecule has 2 aliphatic rings. The summed E-state index contributed by atoms with van der Waals surface area (Å²) < 4.78 is 0. The molecule has 0 aliphatic carbocycles. The Kier molecular flexibility index (Phi) is 3.63. The summed E-state index contributed by atoms with van der Waals surface area (Å²) in [6.45, 7) is 0.929. The molecule has 0 radical (unpaired) electrons. The van der Waals surface area contributed by atoms with Crippen molar-refractivity contribution in [2.45, 2.75) is 43.9 Å². The lowest BCUT2D eigenvalue weighted by molar-refractivity contribution is -0.149. The molecular weight excluding hydrogens is 224 g/mol. The summed E-state index contributed by atoms with van der Waals surface area (Å²) >= 11 is 0. The Morgan fingerprint density at radius 3 is 2.65 bits per heavy atom. The monoisotopic (exact) mass is 242 g/mol. The van der Waals surface area contributed by atoms with E-state index < -0.39 is 18.1 Å². The van der Waals surface area contributed by atoms with E-state index in [4.69, 9.17) is 5.11 Å². The maximum Gasteiger partial charge on any atom is 0.326 e. The van der Waals surface area contributed by atoms with E-state index in [1.807, 2.05) is 0 Å². The summed E-state index contributed by atoms with van der Waals surface area (Å²) in [5.41, 5.74) is 0. The van der Waals surface area contributed by atoms with Crippen molar-refractivity contribution in [3.8, 4) is 0 Å². The number of aliphatic carboxylic acids is 1. The highest BCUT2D eigenvalue weighted by atomic mass is 16.4. The number of likely N-dealkylation sites (tertiary alicyclic amines) is 1. The minimum Gasteiger partial charge on any atom is -0.480 e. The second-order valence-electron chi connectivity index (χ2n) is 4.74. The molecule has 96 valence electrons. The maximum atomic E-state index is 12.1. The van der Waals surface area contributed by atoms with Crippen molar-refractivity contribution in [1.82, 2.24) is 10.2 Å². The number of β-amino-alcohol motifs (C(OH)–C–C–N with tert-alkyl or cyclic N) is 1. The highest BCUT2D eigenvalue weighted by Gasteiger charge is 2.41. The summed E-state index contributed by atoms with van der Waals surface area (Å²) in [6, 6.07) is -1.16. The van der Waals surface area contributed by atoms with Crippen LogP contribution in [0, 0.1) is 0 Å². The fourth-order valence-corrected chi connectivity index (χ4v) is 2.55. The fourth-order valence-electron chi connectivity index (χ4n) is 2.55. The number of hydrogen-bond acceptors (Lipinski definition) is 4. The van der Waals surface area contributed by atoms with Gasteiger partial charge in [0.15, 0.2) is 0 Å². The maximum absolute atomic E-state index is 12.1. The van der Waals surface area contributed by atoms with Gasteiger partial charge in [-0.15, -0.1) is 0 Å². The molecule has 2 saturated heterocycles. The number of carboxylic acids is 1. The Hall–Kier alpha value is -1.14. The predicted molar refractivity (Wildman–Crippen MR) is 59.4 cm³/mol. The fraction of sp³-hybridized carbons (Fsp3) is 0.818. The molecule has 3 atom stereocenters. The van der Waals surface area contributed by atoms with Gasteiger partial charge in [-0.25, -0.2) is 4.79 Å². The lowest BCUT2D eigenvalue weighted by Gasteiger charge is -2.29. The first kappa shape index (κ1) is 12.3. The van der Waals surface area contributed by atoms with Crippen LogP contribution < -0.4 is 5.32 Å². The average Bonchev–Trinajstić information content (AvgIpc) is 2.72. The molecule has 2 heterocycles. The van der Waals surface area contributed by atoms with Crippen molar-refractivity contribution < 1.29 is 19.8 Å². The third-order valence-corrected chi connectivity index (χ3v) is 3.46. The second kappa shape index (κ2) is 5.01. The van der Waals surface area contributed by atoms with Crippen molar-refractivity contribution >= 4 is 11.9 Å². The number of carbonyl (C=O) groups is 2. The number of nitrogens with one attached hydrogen (secondary N) is 1. The Morgan fingerprint density at radius 2 is 2.06 bits per heavy atom. The van der Waals surface area contributed by atoms with Gasteiger partial charge in [-0.1, -0.05) is 6.42 Å². The first-order valence-electron chi connectivity index (χ1n) is 6.04. The van der Waals surface area contributed by atoms with Gasteiger partial charge in [0.1, 0.15) is 6.04 Å². The number of aliphatic hydroxyl groups is 1. The van der Waals surface area contributed by atoms with Gasteiger partial charge in [0.2, 0.25) is 5.91 Å². The van der Waals surface area contributed by atoms with Crippen molar-refractivity contribution in [3.05, 3.63) is 0 Å². The predicted octanol–water partition coefficient (Wildman–Crippen LogP) is -0.825. The molecule has 0 aromatic carbocycles. The normalized spacial score (nSPS) is 33.7. The number of amides is 1. The van der Waals surface area contributed by atoms with Gasteiger partial charge < -0.3 is 20.4 Å². The molecule has 0 saturated carbocycles. The van der Waals surface area contributed by atoms with Gasteiger partial charge in [-0.2, -0.15) is 0 Å². The zero-order chi connectivity index (χ0) is 12.4. The van der Waals surface area contributed by atoms with Crippen LogP contribution in [0.5, 0.6) is 0 Å². The number of piperidine rings is 1. The lowest BCUT2D eigenvalue weighted by Crippen LogP contribution is -2.51. The highest BCUT2D eigenvalue weighted by Crippen LogP contribution is 2.21. The number of nitrogens with zero attached hydrogens (tertiary/aromatic N) is 1. The van der Waals surface area contributed by atoms with Crippen molar-refractivity contribution in [3.63, 3.8) is 0 Å². The topological polar surface area (TPSA) is 89.9 Å². The van der Waals surface area contributed by atoms with Gasteiger partial charge in [0.05, 0.1) is 12.1 Å². The van der Waals surface area contributed by atoms with Crippen molar-refractivity contribution in [2.75, 3.05) is 13.1 Å². The van der Waals surface area contributed by atoms with Crippen LogP contribution in [0.15, 0.2) is 0 Å². The molecule has 0 aromatic rings. The van der Waals surface area contributed by atoms with E-state index in [0.29, 0.717) is 0 Å². The highest BCUT2D eigenvalue weighted by molar-refractivity contribution is 5.87. The summed E-state index contributed by atoms with van der Waals surface area (Å²) in [5, 5.41) is 21.6. The Balaban J connectivity index is 2.04. The Labute approximate surface area is 99.6 Å². The van der Waals surface area contributed by atoms with Crippen molar-refractivity contribution in [2.24, 2.45) is 0 Å². The van der Waals surface area contributed by atoms with Gasteiger partial charge in [0, 0.05) is 13.0 Å². The molecule has 0 aromatic heterocycles. The van der Waals surface area contributed by atoms with Gasteiger partial charge in [-0.05, 0) is 19.4 Å². The first-order valence-corrected chi connectivity index (χ1v) is 6.04. The minimum atomic E-state index is -1.04. The van der Waals surface area contributed by atoms with Crippen LogP contribution in [-0.4, -0.2) is 58.3 Å². The number of aliphatic hydroxyl groups excluding tert-OH is 1. The molecule has 0 bridgehead atoms. The molecule has 6 nitrogen and oxygen atoms in total. The molecule has 0 unspecified atom stereocenters. The zero-order valence-electron chi connectivity index (χ0n) is 9.63. The first-order chi connectivity index (χ1) is 8.09. The van der Waals surface area contributed by atoms with E-state index in [9.17, 15) is 14.7 Å². The van der Waals surface area contributed by atoms with E-state index in [2.05, 4.69) is 5.32 Å². The lowest BCUT2D eigenvalue weighted by atomic mass is 10.0.